The Labute approximate surface area is 104 Å². The van der Waals surface area contributed by atoms with Gasteiger partial charge in [0.15, 0.2) is 0 Å². The number of hydrogen-bond donors (Lipinski definition) is 0. The highest BCUT2D eigenvalue weighted by molar-refractivity contribution is 7.99. The molecule has 0 unspecified atom stereocenters. The molecule has 0 amide bonds. The van der Waals surface area contributed by atoms with Gasteiger partial charge < -0.3 is 4.90 Å². The lowest BCUT2D eigenvalue weighted by Crippen LogP contribution is -2.26. The summed E-state index contributed by atoms with van der Waals surface area (Å²) in [7, 11) is 0. The number of anilines is 1. The fourth-order valence-corrected chi connectivity index (χ4v) is 2.80. The fraction of sp³-hybridized carbons (Fsp3) is 0.545. The zero-order valence-corrected chi connectivity index (χ0v) is 10.5. The summed E-state index contributed by atoms with van der Waals surface area (Å²) >= 11 is 1.97. The quantitative estimate of drug-likeness (QED) is 0.598. The highest BCUT2D eigenvalue weighted by atomic mass is 32.2. The lowest BCUT2D eigenvalue weighted by atomic mass is 10.3. The summed E-state index contributed by atoms with van der Waals surface area (Å²) in [6, 6.07) is 3.25. The lowest BCUT2D eigenvalue weighted by molar-refractivity contribution is -0.385. The second-order valence-corrected chi connectivity index (χ2v) is 5.64. The van der Waals surface area contributed by atoms with Crippen LogP contribution in [-0.2, 0) is 0 Å². The Hall–Kier alpha value is -1.30. The monoisotopic (exact) mass is 253 g/mol. The third kappa shape index (κ3) is 3.09. The van der Waals surface area contributed by atoms with Crippen molar-refractivity contribution in [2.45, 2.75) is 18.6 Å². The molecule has 0 N–H and O–H groups in total. The molecule has 1 aromatic rings. The first kappa shape index (κ1) is 12.2. The largest absolute Gasteiger partial charge is 0.356 e. The van der Waals surface area contributed by atoms with Gasteiger partial charge in [0.1, 0.15) is 12.0 Å². The molecule has 6 heteroatoms. The van der Waals surface area contributed by atoms with Gasteiger partial charge in [0.25, 0.3) is 5.69 Å². The predicted molar refractivity (Wildman–Crippen MR) is 69.6 cm³/mol. The molecule has 0 aliphatic carbocycles. The Morgan fingerprint density at radius 3 is 3.00 bits per heavy atom. The molecule has 1 atom stereocenters. The maximum absolute atomic E-state index is 10.5. The fourth-order valence-electron chi connectivity index (χ4n) is 1.80. The van der Waals surface area contributed by atoms with E-state index in [0.29, 0.717) is 5.25 Å². The Morgan fingerprint density at radius 2 is 2.35 bits per heavy atom. The normalized spacial score (nSPS) is 21.0. The Bertz CT molecular complexity index is 396. The van der Waals surface area contributed by atoms with Crippen molar-refractivity contribution in [1.82, 2.24) is 4.98 Å². The van der Waals surface area contributed by atoms with Crippen molar-refractivity contribution in [2.24, 2.45) is 0 Å². The summed E-state index contributed by atoms with van der Waals surface area (Å²) in [6.45, 7) is 4.16. The average Bonchev–Trinajstić information content (AvgIpc) is 2.54. The lowest BCUT2D eigenvalue weighted by Gasteiger charge is -2.20. The molecule has 0 radical (unpaired) electrons. The summed E-state index contributed by atoms with van der Waals surface area (Å²) in [5.41, 5.74) is 0.0475. The third-order valence-corrected chi connectivity index (χ3v) is 4.06. The first-order valence-electron chi connectivity index (χ1n) is 5.64. The minimum atomic E-state index is -0.420. The van der Waals surface area contributed by atoms with Gasteiger partial charge in [-0.05, 0) is 12.5 Å². The number of nitrogens with zero attached hydrogens (tertiary/aromatic N) is 3. The number of aromatic nitrogens is 1. The Kier molecular flexibility index (Phi) is 3.83. The van der Waals surface area contributed by atoms with Gasteiger partial charge in [-0.2, -0.15) is 11.8 Å². The van der Waals surface area contributed by atoms with Crippen molar-refractivity contribution in [3.05, 3.63) is 28.4 Å². The van der Waals surface area contributed by atoms with E-state index in [2.05, 4.69) is 16.8 Å². The number of hydrogen-bond acceptors (Lipinski definition) is 5. The molecule has 5 nitrogen and oxygen atoms in total. The number of nitro groups is 1. The van der Waals surface area contributed by atoms with Gasteiger partial charge in [-0.3, -0.25) is 10.1 Å². The van der Waals surface area contributed by atoms with Crippen LogP contribution in [-0.4, -0.2) is 34.0 Å². The predicted octanol–water partition coefficient (Wildman–Crippen LogP) is 2.32. The van der Waals surface area contributed by atoms with Crippen molar-refractivity contribution >= 4 is 23.3 Å². The van der Waals surface area contributed by atoms with Gasteiger partial charge in [0.05, 0.1) is 4.92 Å². The van der Waals surface area contributed by atoms with Crippen molar-refractivity contribution in [2.75, 3.05) is 23.7 Å². The molecular formula is C11H15N3O2S. The van der Waals surface area contributed by atoms with Crippen molar-refractivity contribution in [3.8, 4) is 0 Å². The molecule has 2 rings (SSSR count). The van der Waals surface area contributed by atoms with E-state index >= 15 is 0 Å². The number of pyridine rings is 1. The minimum Gasteiger partial charge on any atom is -0.356 e. The van der Waals surface area contributed by atoms with E-state index in [0.717, 1.165) is 31.1 Å². The third-order valence-electron chi connectivity index (χ3n) is 2.84. The topological polar surface area (TPSA) is 59.3 Å². The van der Waals surface area contributed by atoms with Crippen LogP contribution < -0.4 is 4.90 Å². The number of rotatable bonds is 2. The van der Waals surface area contributed by atoms with Crippen LogP contribution in [0.5, 0.6) is 0 Å². The van der Waals surface area contributed by atoms with Gasteiger partial charge in [-0.1, -0.05) is 6.92 Å². The summed E-state index contributed by atoms with van der Waals surface area (Å²) in [5.74, 6) is 1.92. The van der Waals surface area contributed by atoms with E-state index in [1.54, 1.807) is 6.07 Å². The highest BCUT2D eigenvalue weighted by Crippen LogP contribution is 2.22. The molecule has 1 aromatic heterocycles. The summed E-state index contributed by atoms with van der Waals surface area (Å²) in [4.78, 5) is 16.5. The van der Waals surface area contributed by atoms with Gasteiger partial charge in [0, 0.05) is 30.2 Å². The van der Waals surface area contributed by atoms with E-state index in [-0.39, 0.29) is 5.69 Å². The van der Waals surface area contributed by atoms with Crippen LogP contribution in [0.2, 0.25) is 0 Å². The standard InChI is InChI=1S/C11H15N3O2S/c1-9-4-5-13(6-7-17-9)11-3-2-10(8-12-11)14(15)16/h2-3,8-9H,4-7H2,1H3/t9-/m1/s1. The smallest absolute Gasteiger partial charge is 0.287 e. The Morgan fingerprint density at radius 1 is 1.53 bits per heavy atom. The SMILES string of the molecule is C[C@@H]1CCN(c2ccc([N+](=O)[O-])cn2)CCS1. The van der Waals surface area contributed by atoms with Crippen LogP contribution in [0.25, 0.3) is 0 Å². The molecule has 17 heavy (non-hydrogen) atoms. The summed E-state index contributed by atoms with van der Waals surface area (Å²) in [6.07, 6.45) is 2.46. The van der Waals surface area contributed by atoms with Crippen molar-refractivity contribution in [1.29, 1.82) is 0 Å². The number of thioether (sulfide) groups is 1. The maximum atomic E-state index is 10.5. The van der Waals surface area contributed by atoms with Gasteiger partial charge in [-0.15, -0.1) is 0 Å². The van der Waals surface area contributed by atoms with E-state index in [4.69, 9.17) is 0 Å². The van der Waals surface area contributed by atoms with Crippen LogP contribution in [0, 0.1) is 10.1 Å². The van der Waals surface area contributed by atoms with Crippen LogP contribution >= 0.6 is 11.8 Å². The zero-order valence-electron chi connectivity index (χ0n) is 9.70. The second-order valence-electron chi connectivity index (χ2n) is 4.09. The van der Waals surface area contributed by atoms with Crippen LogP contribution in [0.15, 0.2) is 18.3 Å². The summed E-state index contributed by atoms with van der Waals surface area (Å²) < 4.78 is 0. The molecule has 0 aromatic carbocycles. The molecule has 2 heterocycles. The molecule has 1 fully saturated rings. The molecule has 1 saturated heterocycles. The molecule has 0 bridgehead atoms. The van der Waals surface area contributed by atoms with Crippen LogP contribution in [0.1, 0.15) is 13.3 Å². The van der Waals surface area contributed by atoms with Gasteiger partial charge in [0.2, 0.25) is 0 Å². The second kappa shape index (κ2) is 5.35. The van der Waals surface area contributed by atoms with Crippen LogP contribution in [0.4, 0.5) is 11.5 Å². The first-order valence-corrected chi connectivity index (χ1v) is 6.68. The molecule has 0 spiro atoms. The van der Waals surface area contributed by atoms with E-state index in [1.807, 2.05) is 11.8 Å². The Balaban J connectivity index is 2.08. The van der Waals surface area contributed by atoms with Crippen molar-refractivity contribution in [3.63, 3.8) is 0 Å². The highest BCUT2D eigenvalue weighted by Gasteiger charge is 2.16. The zero-order chi connectivity index (χ0) is 12.3. The minimum absolute atomic E-state index is 0.0475. The first-order chi connectivity index (χ1) is 8.16. The van der Waals surface area contributed by atoms with E-state index < -0.39 is 4.92 Å². The molecular weight excluding hydrogens is 238 g/mol. The molecule has 0 saturated carbocycles. The van der Waals surface area contributed by atoms with Crippen LogP contribution in [0.3, 0.4) is 0 Å². The van der Waals surface area contributed by atoms with Gasteiger partial charge in [-0.25, -0.2) is 4.98 Å². The van der Waals surface area contributed by atoms with E-state index in [9.17, 15) is 10.1 Å². The van der Waals surface area contributed by atoms with Crippen molar-refractivity contribution < 1.29 is 4.92 Å². The summed E-state index contributed by atoms with van der Waals surface area (Å²) in [5, 5.41) is 11.2. The molecule has 1 aliphatic rings. The average molecular weight is 253 g/mol. The molecule has 92 valence electrons. The van der Waals surface area contributed by atoms with E-state index in [1.165, 1.54) is 12.3 Å². The maximum Gasteiger partial charge on any atom is 0.287 e. The van der Waals surface area contributed by atoms with Gasteiger partial charge >= 0.3 is 0 Å². The molecule has 1 aliphatic heterocycles.